The number of fused-ring (bicyclic) bond motifs is 2. The smallest absolute Gasteiger partial charge is 0.274 e. The highest BCUT2D eigenvalue weighted by molar-refractivity contribution is 7.90. The van der Waals surface area contributed by atoms with Gasteiger partial charge in [0.2, 0.25) is 0 Å². The number of aromatic nitrogens is 2. The molecule has 0 bridgehead atoms. The lowest BCUT2D eigenvalue weighted by molar-refractivity contribution is 0.0732. The first-order valence-corrected chi connectivity index (χ1v) is 20.2. The zero-order chi connectivity index (χ0) is 38.2. The van der Waals surface area contributed by atoms with Crippen molar-refractivity contribution in [2.45, 2.75) is 70.4 Å². The summed E-state index contributed by atoms with van der Waals surface area (Å²) in [6, 6.07) is 24.4. The molecular formula is C42H47N5O6S. The Kier molecular flexibility index (Phi) is 12.2. The van der Waals surface area contributed by atoms with E-state index in [4.69, 9.17) is 4.98 Å². The molecule has 282 valence electrons. The predicted molar refractivity (Wildman–Crippen MR) is 209 cm³/mol. The van der Waals surface area contributed by atoms with E-state index in [9.17, 15) is 27.9 Å². The summed E-state index contributed by atoms with van der Waals surface area (Å²) in [5, 5.41) is 11.3. The van der Waals surface area contributed by atoms with Crippen molar-refractivity contribution in [3.63, 3.8) is 0 Å². The number of hydrogen-bond acceptors (Lipinski definition) is 7. The monoisotopic (exact) mass is 749 g/mol. The highest BCUT2D eigenvalue weighted by Gasteiger charge is 2.29. The molecular weight excluding hydrogens is 703 g/mol. The molecule has 2 heterocycles. The van der Waals surface area contributed by atoms with Gasteiger partial charge in [-0.05, 0) is 77.9 Å². The van der Waals surface area contributed by atoms with Crippen LogP contribution >= 0.6 is 0 Å². The fourth-order valence-electron chi connectivity index (χ4n) is 6.79. The highest BCUT2D eigenvalue weighted by Crippen LogP contribution is 2.30. The summed E-state index contributed by atoms with van der Waals surface area (Å²) in [4.78, 5) is 50.4. The van der Waals surface area contributed by atoms with Gasteiger partial charge in [0.25, 0.3) is 27.7 Å². The number of nitrogens with one attached hydrogen (secondary N) is 1. The van der Waals surface area contributed by atoms with Crippen LogP contribution in [0.3, 0.4) is 0 Å². The van der Waals surface area contributed by atoms with Crippen molar-refractivity contribution in [2.24, 2.45) is 0 Å². The minimum Gasteiger partial charge on any atom is -0.396 e. The van der Waals surface area contributed by atoms with Crippen LogP contribution in [0.25, 0.3) is 22.2 Å². The van der Waals surface area contributed by atoms with Crippen LogP contribution in [0.5, 0.6) is 0 Å². The van der Waals surface area contributed by atoms with Gasteiger partial charge >= 0.3 is 0 Å². The number of aryl methyl sites for hydroxylation is 1. The van der Waals surface area contributed by atoms with E-state index >= 15 is 0 Å². The minimum atomic E-state index is -4.27. The fraction of sp³-hybridized carbons (Fsp3) is 0.333. The van der Waals surface area contributed by atoms with Crippen LogP contribution < -0.4 is 4.72 Å². The molecule has 1 aliphatic rings. The van der Waals surface area contributed by atoms with E-state index in [1.807, 2.05) is 41.3 Å². The normalized spacial score (nSPS) is 12.8. The molecule has 0 aliphatic carbocycles. The molecule has 0 spiro atoms. The maximum atomic E-state index is 14.5. The molecule has 6 rings (SSSR count). The van der Waals surface area contributed by atoms with Gasteiger partial charge < -0.3 is 19.5 Å². The highest BCUT2D eigenvalue weighted by atomic mass is 32.2. The number of amides is 3. The number of aliphatic hydroxyl groups excluding tert-OH is 1. The van der Waals surface area contributed by atoms with Gasteiger partial charge in [-0.15, -0.1) is 0 Å². The van der Waals surface area contributed by atoms with Crippen LogP contribution in [-0.4, -0.2) is 76.8 Å². The van der Waals surface area contributed by atoms with E-state index in [-0.39, 0.29) is 40.1 Å². The van der Waals surface area contributed by atoms with Gasteiger partial charge in [0.1, 0.15) is 11.5 Å². The van der Waals surface area contributed by atoms with Crippen molar-refractivity contribution in [3.8, 4) is 11.4 Å². The van der Waals surface area contributed by atoms with Gasteiger partial charge in [0.15, 0.2) is 0 Å². The summed E-state index contributed by atoms with van der Waals surface area (Å²) < 4.78 is 30.9. The molecule has 12 heteroatoms. The largest absolute Gasteiger partial charge is 0.396 e. The molecule has 0 fully saturated rings. The second-order valence-electron chi connectivity index (χ2n) is 13.7. The molecule has 11 nitrogen and oxygen atoms in total. The number of nitrogens with zero attached hydrogens (tertiary/aromatic N) is 4. The Morgan fingerprint density at radius 1 is 0.852 bits per heavy atom. The van der Waals surface area contributed by atoms with Crippen molar-refractivity contribution in [1.82, 2.24) is 24.1 Å². The summed E-state index contributed by atoms with van der Waals surface area (Å²) in [6.07, 6.45) is 6.27. The van der Waals surface area contributed by atoms with E-state index < -0.39 is 15.9 Å². The topological polar surface area (TPSA) is 142 Å². The molecule has 1 aromatic heterocycles. The van der Waals surface area contributed by atoms with E-state index in [0.717, 1.165) is 42.2 Å². The summed E-state index contributed by atoms with van der Waals surface area (Å²) in [7, 11) is -4.27. The SMILES string of the molecule is CCCCN(CCCC)C(=O)c1cn(CCCO)c(-c2ccc(C(=O)NS(=O)(=O)c3ccc4ccccc4c3)cc2C(=O)N2CCc3ccccc3C2)n1. The summed E-state index contributed by atoms with van der Waals surface area (Å²) in [5.74, 6) is -1.12. The number of carbonyl (C=O) groups is 3. The Bertz CT molecular complexity index is 2260. The molecule has 1 aliphatic heterocycles. The first kappa shape index (κ1) is 38.4. The maximum absolute atomic E-state index is 14.5. The Balaban J connectivity index is 1.40. The summed E-state index contributed by atoms with van der Waals surface area (Å²) in [6.45, 7) is 6.37. The summed E-state index contributed by atoms with van der Waals surface area (Å²) >= 11 is 0. The van der Waals surface area contributed by atoms with Crippen molar-refractivity contribution in [3.05, 3.63) is 119 Å². The van der Waals surface area contributed by atoms with Gasteiger partial charge in [0.05, 0.1) is 10.5 Å². The van der Waals surface area contributed by atoms with E-state index in [0.29, 0.717) is 62.3 Å². The summed E-state index contributed by atoms with van der Waals surface area (Å²) in [5.41, 5.74) is 2.91. The number of imidazole rings is 1. The second-order valence-corrected chi connectivity index (χ2v) is 15.4. The van der Waals surface area contributed by atoms with E-state index in [1.54, 1.807) is 39.9 Å². The van der Waals surface area contributed by atoms with Gasteiger partial charge in [0, 0.05) is 56.7 Å². The van der Waals surface area contributed by atoms with Crippen LogP contribution in [0.1, 0.15) is 88.3 Å². The van der Waals surface area contributed by atoms with E-state index in [1.165, 1.54) is 24.3 Å². The molecule has 54 heavy (non-hydrogen) atoms. The average Bonchev–Trinajstić information content (AvgIpc) is 3.62. The first-order valence-electron chi connectivity index (χ1n) is 18.7. The van der Waals surface area contributed by atoms with Crippen LogP contribution in [0.15, 0.2) is 96.0 Å². The van der Waals surface area contributed by atoms with Crippen LogP contribution in [0.4, 0.5) is 0 Å². The Hall–Kier alpha value is -5.33. The molecule has 3 amide bonds. The lowest BCUT2D eigenvalue weighted by Crippen LogP contribution is -2.36. The van der Waals surface area contributed by atoms with Crippen LogP contribution in [-0.2, 0) is 29.5 Å². The third-order valence-corrected chi connectivity index (χ3v) is 11.2. The van der Waals surface area contributed by atoms with Gasteiger partial charge in [-0.2, -0.15) is 0 Å². The number of sulfonamides is 1. The van der Waals surface area contributed by atoms with Gasteiger partial charge in [-0.1, -0.05) is 81.3 Å². The van der Waals surface area contributed by atoms with Crippen molar-refractivity contribution >= 4 is 38.5 Å². The fourth-order valence-corrected chi connectivity index (χ4v) is 7.80. The lowest BCUT2D eigenvalue weighted by atomic mass is 9.97. The average molecular weight is 750 g/mol. The Morgan fingerprint density at radius 2 is 1.56 bits per heavy atom. The second kappa shape index (κ2) is 17.2. The third-order valence-electron chi connectivity index (χ3n) is 9.83. The maximum Gasteiger partial charge on any atom is 0.274 e. The minimum absolute atomic E-state index is 0.0288. The van der Waals surface area contributed by atoms with Gasteiger partial charge in [-0.25, -0.2) is 18.1 Å². The molecule has 5 aromatic rings. The Labute approximate surface area is 316 Å². The molecule has 0 radical (unpaired) electrons. The predicted octanol–water partition coefficient (Wildman–Crippen LogP) is 6.45. The molecule has 2 N–H and O–H groups in total. The number of hydrogen-bond donors (Lipinski definition) is 2. The molecule has 4 aromatic carbocycles. The number of carbonyl (C=O) groups excluding carboxylic acids is 3. The standard InChI is InChI=1S/C42H47N5O6S/c1-3-5-21-45(22-6-4-2)42(51)38-29-46(23-11-25-48)39(43-38)36-19-17-33(27-37(36)41(50)47-24-20-31-13-8-10-15-34(31)28-47)40(49)44-54(52,53)35-18-16-30-12-7-9-14-32(30)26-35/h7-10,12-19,26-27,29,48H,3-6,11,20-25,28H2,1-2H3,(H,44,49). The lowest BCUT2D eigenvalue weighted by Gasteiger charge is -2.29. The van der Waals surface area contributed by atoms with E-state index in [2.05, 4.69) is 18.6 Å². The Morgan fingerprint density at radius 3 is 2.28 bits per heavy atom. The molecule has 0 unspecified atom stereocenters. The molecule has 0 atom stereocenters. The zero-order valence-corrected chi connectivity index (χ0v) is 31.6. The third kappa shape index (κ3) is 8.55. The number of aliphatic hydroxyl groups is 1. The van der Waals surface area contributed by atoms with Crippen molar-refractivity contribution in [2.75, 3.05) is 26.2 Å². The number of rotatable bonds is 15. The van der Waals surface area contributed by atoms with Crippen LogP contribution in [0.2, 0.25) is 0 Å². The number of unbranched alkanes of at least 4 members (excludes halogenated alkanes) is 2. The quantitative estimate of drug-likeness (QED) is 0.125. The number of benzene rings is 4. The molecule has 0 saturated heterocycles. The van der Waals surface area contributed by atoms with Gasteiger partial charge in [-0.3, -0.25) is 14.4 Å². The van der Waals surface area contributed by atoms with Crippen molar-refractivity contribution < 1.29 is 27.9 Å². The van der Waals surface area contributed by atoms with Crippen LogP contribution in [0, 0.1) is 0 Å². The first-order chi connectivity index (χ1) is 26.1. The molecule has 0 saturated carbocycles. The zero-order valence-electron chi connectivity index (χ0n) is 30.8. The van der Waals surface area contributed by atoms with Crippen molar-refractivity contribution in [1.29, 1.82) is 0 Å².